The van der Waals surface area contributed by atoms with Crippen LogP contribution < -0.4 is 10.1 Å². The lowest BCUT2D eigenvalue weighted by molar-refractivity contribution is -0.120. The van der Waals surface area contributed by atoms with Gasteiger partial charge in [-0.05, 0) is 32.0 Å². The molecule has 0 saturated carbocycles. The van der Waals surface area contributed by atoms with Gasteiger partial charge in [0, 0.05) is 17.7 Å². The third-order valence-corrected chi connectivity index (χ3v) is 4.93. The largest absolute Gasteiger partial charge is 0.496 e. The zero-order chi connectivity index (χ0) is 19.2. The number of aryl methyl sites for hydroxylation is 1. The van der Waals surface area contributed by atoms with Gasteiger partial charge in [0.2, 0.25) is 11.8 Å². The van der Waals surface area contributed by atoms with Gasteiger partial charge in [-0.3, -0.25) is 4.79 Å². The Hall–Kier alpha value is -2.80. The maximum Gasteiger partial charge on any atom is 0.277 e. The molecule has 3 aromatic rings. The van der Waals surface area contributed by atoms with Crippen molar-refractivity contribution >= 4 is 17.7 Å². The molecule has 2 aromatic carbocycles. The summed E-state index contributed by atoms with van der Waals surface area (Å²) in [5.41, 5.74) is 2.94. The molecule has 140 valence electrons. The number of thioether (sulfide) groups is 1. The molecule has 3 rings (SSSR count). The van der Waals surface area contributed by atoms with E-state index in [1.807, 2.05) is 55.5 Å². The number of hydrogen-bond acceptors (Lipinski definition) is 6. The second-order valence-corrected chi connectivity index (χ2v) is 7.32. The number of aromatic nitrogens is 2. The number of methoxy groups -OCH3 is 1. The Morgan fingerprint density at radius 2 is 1.93 bits per heavy atom. The summed E-state index contributed by atoms with van der Waals surface area (Å²) in [7, 11) is 1.61. The lowest BCUT2D eigenvalue weighted by atomic mass is 10.1. The van der Waals surface area contributed by atoms with Crippen LogP contribution in [0.2, 0.25) is 0 Å². The van der Waals surface area contributed by atoms with E-state index in [9.17, 15) is 4.79 Å². The first-order chi connectivity index (χ1) is 13.1. The molecule has 0 aliphatic heterocycles. The van der Waals surface area contributed by atoms with Crippen molar-refractivity contribution in [2.45, 2.75) is 30.9 Å². The summed E-state index contributed by atoms with van der Waals surface area (Å²) in [5, 5.41) is 11.0. The molecule has 0 radical (unpaired) electrons. The van der Waals surface area contributed by atoms with E-state index in [4.69, 9.17) is 9.15 Å². The first-order valence-electron chi connectivity index (χ1n) is 8.53. The van der Waals surface area contributed by atoms with Gasteiger partial charge in [-0.25, -0.2) is 0 Å². The van der Waals surface area contributed by atoms with Gasteiger partial charge in [-0.15, -0.1) is 10.2 Å². The number of nitrogens with zero attached hydrogens (tertiary/aromatic N) is 2. The topological polar surface area (TPSA) is 77.2 Å². The minimum absolute atomic E-state index is 0.110. The Morgan fingerprint density at radius 1 is 1.19 bits per heavy atom. The van der Waals surface area contributed by atoms with Crippen molar-refractivity contribution < 1.29 is 13.9 Å². The van der Waals surface area contributed by atoms with E-state index in [2.05, 4.69) is 15.5 Å². The van der Waals surface area contributed by atoms with Crippen LogP contribution in [0.1, 0.15) is 18.1 Å². The second kappa shape index (κ2) is 8.73. The molecule has 6 nitrogen and oxygen atoms in total. The monoisotopic (exact) mass is 383 g/mol. The van der Waals surface area contributed by atoms with Crippen molar-refractivity contribution in [3.05, 3.63) is 59.7 Å². The van der Waals surface area contributed by atoms with Gasteiger partial charge in [0.1, 0.15) is 5.75 Å². The third kappa shape index (κ3) is 4.89. The van der Waals surface area contributed by atoms with Crippen LogP contribution in [0.5, 0.6) is 5.75 Å². The number of carbonyl (C=O) groups excluding carboxylic acids is 1. The number of para-hydroxylation sites is 1. The van der Waals surface area contributed by atoms with Crippen molar-refractivity contribution in [2.75, 3.05) is 7.11 Å². The Balaban J connectivity index is 1.57. The molecule has 1 amide bonds. The highest BCUT2D eigenvalue weighted by molar-refractivity contribution is 8.00. The summed E-state index contributed by atoms with van der Waals surface area (Å²) in [6.45, 7) is 4.22. The zero-order valence-electron chi connectivity index (χ0n) is 15.4. The van der Waals surface area contributed by atoms with Gasteiger partial charge in [-0.1, -0.05) is 47.7 Å². The summed E-state index contributed by atoms with van der Waals surface area (Å²) in [5.74, 6) is 1.08. The molecule has 7 heteroatoms. The summed E-state index contributed by atoms with van der Waals surface area (Å²) in [6, 6.07) is 15.4. The van der Waals surface area contributed by atoms with E-state index in [-0.39, 0.29) is 11.2 Å². The van der Waals surface area contributed by atoms with E-state index in [0.717, 1.165) is 22.4 Å². The standard InChI is InChI=1S/C20H21N3O3S/c1-13-8-10-15(11-9-13)19-22-23-20(26-19)27-14(2)18(24)21-12-16-6-4-5-7-17(16)25-3/h4-11,14H,12H2,1-3H3,(H,21,24)/t14-/m0/s1. The van der Waals surface area contributed by atoms with E-state index in [1.165, 1.54) is 11.8 Å². The fraction of sp³-hybridized carbons (Fsp3) is 0.250. The highest BCUT2D eigenvalue weighted by Crippen LogP contribution is 2.26. The predicted octanol–water partition coefficient (Wildman–Crippen LogP) is 3.85. The number of ether oxygens (including phenoxy) is 1. The molecule has 1 N–H and O–H groups in total. The van der Waals surface area contributed by atoms with Crippen LogP contribution in [-0.4, -0.2) is 28.5 Å². The Morgan fingerprint density at radius 3 is 2.67 bits per heavy atom. The molecule has 0 aliphatic rings. The zero-order valence-corrected chi connectivity index (χ0v) is 16.2. The van der Waals surface area contributed by atoms with Crippen molar-refractivity contribution in [1.29, 1.82) is 0 Å². The van der Waals surface area contributed by atoms with Crippen LogP contribution in [0.4, 0.5) is 0 Å². The van der Waals surface area contributed by atoms with Crippen molar-refractivity contribution in [3.8, 4) is 17.2 Å². The molecule has 0 spiro atoms. The molecule has 27 heavy (non-hydrogen) atoms. The van der Waals surface area contributed by atoms with Gasteiger partial charge < -0.3 is 14.5 Å². The number of nitrogens with one attached hydrogen (secondary N) is 1. The smallest absolute Gasteiger partial charge is 0.277 e. The normalized spacial score (nSPS) is 11.8. The molecule has 0 bridgehead atoms. The fourth-order valence-corrected chi connectivity index (χ4v) is 3.16. The van der Waals surface area contributed by atoms with Crippen molar-refractivity contribution in [2.24, 2.45) is 0 Å². The predicted molar refractivity (Wildman–Crippen MR) is 105 cm³/mol. The van der Waals surface area contributed by atoms with Crippen LogP contribution in [0.15, 0.2) is 58.2 Å². The molecule has 0 aliphatic carbocycles. The molecular formula is C20H21N3O3S. The summed E-state index contributed by atoms with van der Waals surface area (Å²) in [4.78, 5) is 12.4. The molecule has 1 aromatic heterocycles. The summed E-state index contributed by atoms with van der Waals surface area (Å²) < 4.78 is 11.0. The number of carbonyl (C=O) groups is 1. The van der Waals surface area contributed by atoms with E-state index in [0.29, 0.717) is 17.7 Å². The van der Waals surface area contributed by atoms with Gasteiger partial charge in [0.15, 0.2) is 0 Å². The Bertz CT molecular complexity index is 909. The third-order valence-electron chi connectivity index (χ3n) is 4.00. The SMILES string of the molecule is COc1ccccc1CNC(=O)[C@H](C)Sc1nnc(-c2ccc(C)cc2)o1. The molecule has 1 atom stereocenters. The maximum atomic E-state index is 12.4. The summed E-state index contributed by atoms with van der Waals surface area (Å²) in [6.07, 6.45) is 0. The summed E-state index contributed by atoms with van der Waals surface area (Å²) >= 11 is 1.23. The molecule has 0 fully saturated rings. The number of rotatable bonds is 7. The molecule has 1 heterocycles. The average Bonchev–Trinajstić information content (AvgIpc) is 3.15. The minimum atomic E-state index is -0.369. The lowest BCUT2D eigenvalue weighted by Crippen LogP contribution is -2.30. The minimum Gasteiger partial charge on any atom is -0.496 e. The van der Waals surface area contributed by atoms with Crippen LogP contribution in [0, 0.1) is 6.92 Å². The lowest BCUT2D eigenvalue weighted by Gasteiger charge is -2.12. The maximum absolute atomic E-state index is 12.4. The Labute approximate surface area is 162 Å². The highest BCUT2D eigenvalue weighted by atomic mass is 32.2. The van der Waals surface area contributed by atoms with Crippen LogP contribution in [-0.2, 0) is 11.3 Å². The first-order valence-corrected chi connectivity index (χ1v) is 9.41. The number of amides is 1. The van der Waals surface area contributed by atoms with Gasteiger partial charge in [-0.2, -0.15) is 0 Å². The molecular weight excluding hydrogens is 362 g/mol. The highest BCUT2D eigenvalue weighted by Gasteiger charge is 2.19. The van der Waals surface area contributed by atoms with Crippen molar-refractivity contribution in [3.63, 3.8) is 0 Å². The number of hydrogen-bond donors (Lipinski definition) is 1. The van der Waals surface area contributed by atoms with E-state index < -0.39 is 0 Å². The quantitative estimate of drug-likeness (QED) is 0.625. The van der Waals surface area contributed by atoms with Gasteiger partial charge >= 0.3 is 0 Å². The average molecular weight is 383 g/mol. The van der Waals surface area contributed by atoms with Crippen molar-refractivity contribution in [1.82, 2.24) is 15.5 Å². The van der Waals surface area contributed by atoms with Crippen LogP contribution in [0.3, 0.4) is 0 Å². The second-order valence-electron chi connectivity index (χ2n) is 6.03. The number of benzene rings is 2. The Kier molecular flexibility index (Phi) is 6.13. The van der Waals surface area contributed by atoms with E-state index >= 15 is 0 Å². The molecule has 0 saturated heterocycles. The first kappa shape index (κ1) is 19.0. The van der Waals surface area contributed by atoms with Gasteiger partial charge in [0.25, 0.3) is 5.22 Å². The fourth-order valence-electron chi connectivity index (χ4n) is 2.45. The molecule has 0 unspecified atom stereocenters. The van der Waals surface area contributed by atoms with Crippen LogP contribution >= 0.6 is 11.8 Å². The van der Waals surface area contributed by atoms with E-state index in [1.54, 1.807) is 14.0 Å². The van der Waals surface area contributed by atoms with Crippen LogP contribution in [0.25, 0.3) is 11.5 Å². The van der Waals surface area contributed by atoms with Gasteiger partial charge in [0.05, 0.1) is 12.4 Å².